The summed E-state index contributed by atoms with van der Waals surface area (Å²) in [6.45, 7) is 4.12. The molecule has 1 aromatic carbocycles. The number of piperidine rings is 1. The summed E-state index contributed by atoms with van der Waals surface area (Å²) in [5.41, 5.74) is 0.301. The van der Waals surface area contributed by atoms with Gasteiger partial charge < -0.3 is 14.8 Å². The first-order chi connectivity index (χ1) is 14.2. The lowest BCUT2D eigenvalue weighted by Crippen LogP contribution is -2.48. The van der Waals surface area contributed by atoms with Crippen molar-refractivity contribution in [3.63, 3.8) is 0 Å². The molecule has 3 heterocycles. The Hall–Kier alpha value is -2.28. The number of rotatable bonds is 3. The van der Waals surface area contributed by atoms with Crippen LogP contribution in [0.25, 0.3) is 0 Å². The molecular weight excluding hydrogens is 369 g/mol. The van der Waals surface area contributed by atoms with Crippen LogP contribution in [-0.4, -0.2) is 45.2 Å². The molecule has 1 aliphatic carbocycles. The summed E-state index contributed by atoms with van der Waals surface area (Å²) in [5, 5.41) is 12.1. The van der Waals surface area contributed by atoms with E-state index in [0.29, 0.717) is 5.92 Å². The van der Waals surface area contributed by atoms with Gasteiger partial charge in [0.15, 0.2) is 0 Å². The molecule has 2 fully saturated rings. The molecule has 2 aromatic rings. The van der Waals surface area contributed by atoms with Gasteiger partial charge in [-0.25, -0.2) is 4.39 Å². The molecule has 0 bridgehead atoms. The molecule has 29 heavy (non-hydrogen) atoms. The zero-order chi connectivity index (χ0) is 19.8. The molecule has 0 unspecified atom stereocenters. The number of likely N-dealkylation sites (tertiary alicyclic amines) is 1. The lowest BCUT2D eigenvalue weighted by Gasteiger charge is -2.38. The second-order valence-corrected chi connectivity index (χ2v) is 8.67. The molecule has 3 aliphatic rings. The highest BCUT2D eigenvalue weighted by Gasteiger charge is 2.45. The number of carbonyl (C=O) groups excluding carboxylic acids is 1. The first-order valence-electron chi connectivity index (χ1n) is 10.9. The molecule has 1 saturated heterocycles. The van der Waals surface area contributed by atoms with Gasteiger partial charge in [0, 0.05) is 32.1 Å². The van der Waals surface area contributed by atoms with Crippen molar-refractivity contribution in [2.24, 2.45) is 0 Å². The number of amides is 1. The maximum atomic E-state index is 13.9. The quantitative estimate of drug-likeness (QED) is 0.865. The first-order valence-corrected chi connectivity index (χ1v) is 10.9. The van der Waals surface area contributed by atoms with Crippen molar-refractivity contribution in [3.05, 3.63) is 47.3 Å². The van der Waals surface area contributed by atoms with Crippen LogP contribution >= 0.6 is 0 Å². The van der Waals surface area contributed by atoms with E-state index >= 15 is 0 Å². The normalized spacial score (nSPS) is 21.9. The van der Waals surface area contributed by atoms with Crippen molar-refractivity contribution in [1.82, 2.24) is 25.0 Å². The smallest absolute Gasteiger partial charge is 0.233 e. The molecule has 0 spiro atoms. The predicted octanol–water partition coefficient (Wildman–Crippen LogP) is 2.74. The van der Waals surface area contributed by atoms with E-state index in [-0.39, 0.29) is 11.7 Å². The SMILES string of the molecule is O=C(N1CCC(c2nnc3n2CCNC3)CC1)C1(c2cccc(F)c2)CCCC1. The summed E-state index contributed by atoms with van der Waals surface area (Å²) >= 11 is 0. The van der Waals surface area contributed by atoms with Gasteiger partial charge in [0.25, 0.3) is 0 Å². The third kappa shape index (κ3) is 3.25. The summed E-state index contributed by atoms with van der Waals surface area (Å²) in [6.07, 6.45) is 5.52. The number of hydrogen-bond acceptors (Lipinski definition) is 4. The number of carbonyl (C=O) groups is 1. The molecule has 2 aliphatic heterocycles. The van der Waals surface area contributed by atoms with E-state index in [4.69, 9.17) is 0 Å². The van der Waals surface area contributed by atoms with E-state index < -0.39 is 5.41 Å². The number of aromatic nitrogens is 3. The zero-order valence-corrected chi connectivity index (χ0v) is 16.7. The summed E-state index contributed by atoms with van der Waals surface area (Å²) in [6, 6.07) is 6.67. The predicted molar refractivity (Wildman–Crippen MR) is 107 cm³/mol. The van der Waals surface area contributed by atoms with Crippen LogP contribution in [0, 0.1) is 5.82 Å². The second kappa shape index (κ2) is 7.52. The third-order valence-electron chi connectivity index (χ3n) is 7.04. The maximum absolute atomic E-state index is 13.9. The molecule has 5 rings (SSSR count). The minimum atomic E-state index is -0.547. The Kier molecular flexibility index (Phi) is 4.86. The molecule has 1 amide bonds. The van der Waals surface area contributed by atoms with E-state index in [9.17, 15) is 9.18 Å². The van der Waals surface area contributed by atoms with Crippen LogP contribution in [-0.2, 0) is 23.3 Å². The molecule has 0 radical (unpaired) electrons. The minimum Gasteiger partial charge on any atom is -0.342 e. The van der Waals surface area contributed by atoms with Gasteiger partial charge in [-0.15, -0.1) is 10.2 Å². The standard InChI is InChI=1S/C22H28FN5O/c23-18-5-3-4-17(14-18)22(8-1-2-9-22)21(29)27-11-6-16(7-12-27)20-26-25-19-15-24-10-13-28(19)20/h3-5,14,16,24H,1-2,6-13,15H2. The van der Waals surface area contributed by atoms with Gasteiger partial charge in [-0.2, -0.15) is 0 Å². The Morgan fingerprint density at radius 1 is 1.14 bits per heavy atom. The van der Waals surface area contributed by atoms with Crippen LogP contribution in [0.2, 0.25) is 0 Å². The van der Waals surface area contributed by atoms with Crippen LogP contribution in [0.15, 0.2) is 24.3 Å². The zero-order valence-electron chi connectivity index (χ0n) is 16.7. The van der Waals surface area contributed by atoms with Gasteiger partial charge in [-0.05, 0) is 43.4 Å². The average molecular weight is 397 g/mol. The van der Waals surface area contributed by atoms with E-state index in [1.165, 1.54) is 6.07 Å². The molecule has 7 heteroatoms. The van der Waals surface area contributed by atoms with Gasteiger partial charge in [0.05, 0.1) is 12.0 Å². The van der Waals surface area contributed by atoms with Gasteiger partial charge in [0.2, 0.25) is 5.91 Å². The van der Waals surface area contributed by atoms with Crippen molar-refractivity contribution >= 4 is 5.91 Å². The second-order valence-electron chi connectivity index (χ2n) is 8.67. The molecule has 154 valence electrons. The highest BCUT2D eigenvalue weighted by Crippen LogP contribution is 2.43. The molecule has 1 aromatic heterocycles. The van der Waals surface area contributed by atoms with Crippen LogP contribution in [0.4, 0.5) is 4.39 Å². The van der Waals surface area contributed by atoms with E-state index in [1.807, 2.05) is 11.0 Å². The molecular formula is C22H28FN5O. The highest BCUT2D eigenvalue weighted by atomic mass is 19.1. The highest BCUT2D eigenvalue weighted by molar-refractivity contribution is 5.88. The fourth-order valence-corrected chi connectivity index (χ4v) is 5.45. The Morgan fingerprint density at radius 3 is 2.69 bits per heavy atom. The van der Waals surface area contributed by atoms with Gasteiger partial charge >= 0.3 is 0 Å². The van der Waals surface area contributed by atoms with E-state index in [1.54, 1.807) is 12.1 Å². The third-order valence-corrected chi connectivity index (χ3v) is 7.04. The van der Waals surface area contributed by atoms with Crippen LogP contribution in [0.1, 0.15) is 61.7 Å². The average Bonchev–Trinajstić information content (AvgIpc) is 3.42. The molecule has 0 atom stereocenters. The Labute approximate surface area is 170 Å². The summed E-state index contributed by atoms with van der Waals surface area (Å²) in [4.78, 5) is 15.6. The maximum Gasteiger partial charge on any atom is 0.233 e. The number of hydrogen-bond donors (Lipinski definition) is 1. The van der Waals surface area contributed by atoms with Crippen LogP contribution in [0.5, 0.6) is 0 Å². The van der Waals surface area contributed by atoms with Crippen molar-refractivity contribution in [3.8, 4) is 0 Å². The first kappa shape index (κ1) is 18.7. The number of nitrogens with zero attached hydrogens (tertiary/aromatic N) is 4. The number of nitrogens with one attached hydrogen (secondary N) is 1. The van der Waals surface area contributed by atoms with Gasteiger partial charge in [-0.1, -0.05) is 25.0 Å². The Balaban J connectivity index is 1.32. The largest absolute Gasteiger partial charge is 0.342 e. The van der Waals surface area contributed by atoms with E-state index in [2.05, 4.69) is 20.1 Å². The monoisotopic (exact) mass is 397 g/mol. The van der Waals surface area contributed by atoms with Crippen molar-refractivity contribution in [1.29, 1.82) is 0 Å². The summed E-state index contributed by atoms with van der Waals surface area (Å²) in [7, 11) is 0. The number of fused-ring (bicyclic) bond motifs is 1. The van der Waals surface area contributed by atoms with Crippen LogP contribution in [0.3, 0.4) is 0 Å². The number of halogens is 1. The van der Waals surface area contributed by atoms with Crippen molar-refractivity contribution in [2.45, 2.75) is 62.9 Å². The summed E-state index contributed by atoms with van der Waals surface area (Å²) < 4.78 is 16.2. The fraction of sp³-hybridized carbons (Fsp3) is 0.591. The van der Waals surface area contributed by atoms with E-state index in [0.717, 1.165) is 88.5 Å². The van der Waals surface area contributed by atoms with Crippen molar-refractivity contribution in [2.75, 3.05) is 19.6 Å². The Bertz CT molecular complexity index is 896. The lowest BCUT2D eigenvalue weighted by molar-refractivity contribution is -0.138. The minimum absolute atomic E-state index is 0.187. The lowest BCUT2D eigenvalue weighted by atomic mass is 9.77. The topological polar surface area (TPSA) is 63.1 Å². The molecule has 1 saturated carbocycles. The van der Waals surface area contributed by atoms with Gasteiger partial charge in [-0.3, -0.25) is 4.79 Å². The van der Waals surface area contributed by atoms with Crippen LogP contribution < -0.4 is 5.32 Å². The van der Waals surface area contributed by atoms with Gasteiger partial charge in [0.1, 0.15) is 17.5 Å². The van der Waals surface area contributed by atoms with Crippen molar-refractivity contribution < 1.29 is 9.18 Å². The molecule has 6 nitrogen and oxygen atoms in total. The number of benzene rings is 1. The fourth-order valence-electron chi connectivity index (χ4n) is 5.45. The Morgan fingerprint density at radius 2 is 1.93 bits per heavy atom. The molecule has 1 N–H and O–H groups in total. The summed E-state index contributed by atoms with van der Waals surface area (Å²) in [5.74, 6) is 2.38.